The highest BCUT2D eigenvalue weighted by Crippen LogP contribution is 2.29. The predicted octanol–water partition coefficient (Wildman–Crippen LogP) is 0.617. The van der Waals surface area contributed by atoms with Gasteiger partial charge in [-0.15, -0.1) is 0 Å². The lowest BCUT2D eigenvalue weighted by atomic mass is 9.91. The van der Waals surface area contributed by atoms with Crippen molar-refractivity contribution in [2.45, 2.75) is 57.3 Å². The van der Waals surface area contributed by atoms with Crippen molar-refractivity contribution in [1.29, 1.82) is 0 Å². The molecule has 2 fully saturated rings. The van der Waals surface area contributed by atoms with Gasteiger partial charge in [0.15, 0.2) is 0 Å². The molecule has 0 aromatic carbocycles. The van der Waals surface area contributed by atoms with Crippen LogP contribution in [0.5, 0.6) is 0 Å². The van der Waals surface area contributed by atoms with Crippen molar-refractivity contribution in [3.63, 3.8) is 0 Å². The standard InChI is InChI=1S/C12H23N3O3/c1-12(2,3)18-11(16)15-9-4-8(14-13)5-10(15)7-17-6-9/h8-10,14H,4-7,13H2,1-3H3. The van der Waals surface area contributed by atoms with Gasteiger partial charge in [0.2, 0.25) is 0 Å². The molecule has 3 N–H and O–H groups in total. The number of carbonyl (C=O) groups is 1. The normalized spacial score (nSPS) is 32.2. The molecule has 2 heterocycles. The van der Waals surface area contributed by atoms with E-state index in [4.69, 9.17) is 15.3 Å². The van der Waals surface area contributed by atoms with Crippen LogP contribution in [0.1, 0.15) is 33.6 Å². The second-order valence-corrected chi connectivity index (χ2v) is 6.07. The molecule has 2 atom stereocenters. The minimum atomic E-state index is -0.463. The van der Waals surface area contributed by atoms with Gasteiger partial charge in [-0.1, -0.05) is 0 Å². The van der Waals surface area contributed by atoms with Crippen LogP contribution in [-0.2, 0) is 9.47 Å². The number of rotatable bonds is 1. The molecule has 0 aliphatic carbocycles. The third-order valence-corrected chi connectivity index (χ3v) is 3.36. The maximum atomic E-state index is 12.2. The lowest BCUT2D eigenvalue weighted by Gasteiger charge is -2.48. The van der Waals surface area contributed by atoms with Gasteiger partial charge in [-0.3, -0.25) is 16.2 Å². The molecular weight excluding hydrogens is 234 g/mol. The number of carbonyl (C=O) groups excluding carboxylic acids is 1. The Morgan fingerprint density at radius 1 is 1.33 bits per heavy atom. The van der Waals surface area contributed by atoms with Crippen molar-refractivity contribution in [3.8, 4) is 0 Å². The Balaban J connectivity index is 2.06. The van der Waals surface area contributed by atoms with Crippen LogP contribution in [0.25, 0.3) is 0 Å². The van der Waals surface area contributed by atoms with E-state index in [9.17, 15) is 4.79 Å². The fraction of sp³-hybridized carbons (Fsp3) is 0.917. The van der Waals surface area contributed by atoms with Crippen LogP contribution in [0.3, 0.4) is 0 Å². The summed E-state index contributed by atoms with van der Waals surface area (Å²) in [6, 6.07) is 0.379. The van der Waals surface area contributed by atoms with Gasteiger partial charge in [0.05, 0.1) is 25.3 Å². The summed E-state index contributed by atoms with van der Waals surface area (Å²) in [7, 11) is 0. The molecule has 0 spiro atoms. The van der Waals surface area contributed by atoms with Crippen LogP contribution >= 0.6 is 0 Å². The van der Waals surface area contributed by atoms with Crippen LogP contribution in [0.2, 0.25) is 0 Å². The molecule has 2 unspecified atom stereocenters. The number of hydrazine groups is 1. The Hall–Kier alpha value is -0.850. The molecule has 2 rings (SSSR count). The first-order valence-corrected chi connectivity index (χ1v) is 6.46. The molecule has 2 aliphatic heterocycles. The van der Waals surface area contributed by atoms with Gasteiger partial charge in [0.25, 0.3) is 0 Å². The van der Waals surface area contributed by atoms with E-state index in [1.54, 1.807) is 0 Å². The largest absolute Gasteiger partial charge is 0.444 e. The average Bonchev–Trinajstić information content (AvgIpc) is 2.24. The number of nitrogens with zero attached hydrogens (tertiary/aromatic N) is 1. The van der Waals surface area contributed by atoms with Crippen LogP contribution in [0, 0.1) is 0 Å². The summed E-state index contributed by atoms with van der Waals surface area (Å²) in [6.07, 6.45) is 1.38. The van der Waals surface area contributed by atoms with Crippen LogP contribution in [0.15, 0.2) is 0 Å². The molecular formula is C12H23N3O3. The number of ether oxygens (including phenoxy) is 2. The van der Waals surface area contributed by atoms with E-state index in [1.165, 1.54) is 0 Å². The summed E-state index contributed by atoms with van der Waals surface area (Å²) in [5, 5.41) is 0. The summed E-state index contributed by atoms with van der Waals surface area (Å²) >= 11 is 0. The van der Waals surface area contributed by atoms with Crippen molar-refractivity contribution in [1.82, 2.24) is 10.3 Å². The number of hydrogen-bond donors (Lipinski definition) is 2. The molecule has 2 bridgehead atoms. The quantitative estimate of drug-likeness (QED) is 0.532. The second kappa shape index (κ2) is 5.03. The minimum absolute atomic E-state index is 0.0633. The fourth-order valence-corrected chi connectivity index (χ4v) is 2.66. The topological polar surface area (TPSA) is 76.8 Å². The van der Waals surface area contributed by atoms with E-state index >= 15 is 0 Å². The van der Waals surface area contributed by atoms with Crippen molar-refractivity contribution < 1.29 is 14.3 Å². The Morgan fingerprint density at radius 3 is 2.33 bits per heavy atom. The number of morpholine rings is 1. The first kappa shape index (κ1) is 13.6. The maximum absolute atomic E-state index is 12.2. The number of amides is 1. The maximum Gasteiger partial charge on any atom is 0.410 e. The molecule has 0 radical (unpaired) electrons. The van der Waals surface area contributed by atoms with Gasteiger partial charge in [0, 0.05) is 6.04 Å². The Labute approximate surface area is 108 Å². The van der Waals surface area contributed by atoms with E-state index in [0.29, 0.717) is 13.2 Å². The summed E-state index contributed by atoms with van der Waals surface area (Å²) in [6.45, 7) is 6.77. The minimum Gasteiger partial charge on any atom is -0.444 e. The second-order valence-electron chi connectivity index (χ2n) is 6.07. The van der Waals surface area contributed by atoms with Gasteiger partial charge in [-0.05, 0) is 33.6 Å². The molecule has 1 amide bonds. The lowest BCUT2D eigenvalue weighted by Crippen LogP contribution is -2.63. The molecule has 0 aromatic heterocycles. The highest BCUT2D eigenvalue weighted by atomic mass is 16.6. The molecule has 2 saturated heterocycles. The van der Waals surface area contributed by atoms with Crippen molar-refractivity contribution >= 4 is 6.09 Å². The zero-order chi connectivity index (χ0) is 13.3. The van der Waals surface area contributed by atoms with E-state index in [1.807, 2.05) is 25.7 Å². The third-order valence-electron chi connectivity index (χ3n) is 3.36. The van der Waals surface area contributed by atoms with Crippen LogP contribution in [0.4, 0.5) is 4.79 Å². The molecule has 0 aromatic rings. The van der Waals surface area contributed by atoms with E-state index in [0.717, 1.165) is 12.8 Å². The monoisotopic (exact) mass is 257 g/mol. The fourth-order valence-electron chi connectivity index (χ4n) is 2.66. The number of hydrogen-bond acceptors (Lipinski definition) is 5. The van der Waals surface area contributed by atoms with E-state index in [2.05, 4.69) is 5.43 Å². The van der Waals surface area contributed by atoms with E-state index in [-0.39, 0.29) is 24.2 Å². The van der Waals surface area contributed by atoms with Gasteiger partial charge in [-0.25, -0.2) is 4.79 Å². The van der Waals surface area contributed by atoms with Crippen LogP contribution in [-0.4, -0.2) is 47.9 Å². The van der Waals surface area contributed by atoms with Gasteiger partial charge in [-0.2, -0.15) is 0 Å². The number of piperidine rings is 1. The highest BCUT2D eigenvalue weighted by Gasteiger charge is 2.43. The zero-order valence-corrected chi connectivity index (χ0v) is 11.3. The molecule has 0 saturated carbocycles. The SMILES string of the molecule is CC(C)(C)OC(=O)N1C2COCC1CC(NN)C2. The molecule has 6 nitrogen and oxygen atoms in total. The van der Waals surface area contributed by atoms with Gasteiger partial charge >= 0.3 is 6.09 Å². The lowest BCUT2D eigenvalue weighted by molar-refractivity contribution is -0.0842. The van der Waals surface area contributed by atoms with Crippen molar-refractivity contribution in [3.05, 3.63) is 0 Å². The molecule has 6 heteroatoms. The smallest absolute Gasteiger partial charge is 0.410 e. The van der Waals surface area contributed by atoms with Gasteiger partial charge < -0.3 is 9.47 Å². The van der Waals surface area contributed by atoms with Gasteiger partial charge in [0.1, 0.15) is 5.60 Å². The summed E-state index contributed by atoms with van der Waals surface area (Å²) in [5.41, 5.74) is 2.34. The Bertz CT molecular complexity index is 302. The first-order chi connectivity index (χ1) is 8.40. The Kier molecular flexibility index (Phi) is 3.79. The van der Waals surface area contributed by atoms with Crippen LogP contribution < -0.4 is 11.3 Å². The number of fused-ring (bicyclic) bond motifs is 2. The molecule has 18 heavy (non-hydrogen) atoms. The number of nitrogens with one attached hydrogen (secondary N) is 1. The predicted molar refractivity (Wildman–Crippen MR) is 66.8 cm³/mol. The van der Waals surface area contributed by atoms with Crippen molar-refractivity contribution in [2.24, 2.45) is 5.84 Å². The summed E-state index contributed by atoms with van der Waals surface area (Å²) < 4.78 is 11.0. The zero-order valence-electron chi connectivity index (χ0n) is 11.3. The molecule has 104 valence electrons. The average molecular weight is 257 g/mol. The first-order valence-electron chi connectivity index (χ1n) is 6.46. The van der Waals surface area contributed by atoms with E-state index < -0.39 is 5.60 Å². The summed E-state index contributed by atoms with van der Waals surface area (Å²) in [4.78, 5) is 14.1. The Morgan fingerprint density at radius 2 is 1.89 bits per heavy atom. The molecule has 2 aliphatic rings. The number of nitrogens with two attached hydrogens (primary N) is 1. The third kappa shape index (κ3) is 2.93. The highest BCUT2D eigenvalue weighted by molar-refractivity contribution is 5.69. The summed E-state index contributed by atoms with van der Waals surface area (Å²) in [5.74, 6) is 5.50. The van der Waals surface area contributed by atoms with Crippen molar-refractivity contribution in [2.75, 3.05) is 13.2 Å².